The third-order valence-corrected chi connectivity index (χ3v) is 4.77. The van der Waals surface area contributed by atoms with Gasteiger partial charge in [-0.25, -0.2) is 4.85 Å². The molecule has 1 aromatic carbocycles. The number of halogens is 1. The van der Waals surface area contributed by atoms with Gasteiger partial charge in [-0.1, -0.05) is 17.7 Å². The van der Waals surface area contributed by atoms with Crippen molar-refractivity contribution in [3.8, 4) is 5.75 Å². The van der Waals surface area contributed by atoms with E-state index < -0.39 is 18.9 Å². The van der Waals surface area contributed by atoms with Gasteiger partial charge in [0.1, 0.15) is 5.75 Å². The van der Waals surface area contributed by atoms with Crippen LogP contribution in [0, 0.1) is 13.1 Å². The van der Waals surface area contributed by atoms with Crippen LogP contribution in [-0.2, 0) is 0 Å². The summed E-state index contributed by atoms with van der Waals surface area (Å²) in [6, 6.07) is 6.97. The van der Waals surface area contributed by atoms with E-state index in [4.69, 9.17) is 33.6 Å². The molecule has 1 aliphatic rings. The summed E-state index contributed by atoms with van der Waals surface area (Å²) in [5.74, 6) is -0.230. The maximum Gasteiger partial charge on any atom is 0.274 e. The number of benzene rings is 1. The van der Waals surface area contributed by atoms with Crippen LogP contribution in [0.2, 0.25) is 5.15 Å². The molecule has 1 fully saturated rings. The summed E-state index contributed by atoms with van der Waals surface area (Å²) in [5, 5.41) is 7.45. The summed E-state index contributed by atoms with van der Waals surface area (Å²) >= 11 is 5.70. The number of carbonyl (C=O) groups is 1. The van der Waals surface area contributed by atoms with E-state index in [0.717, 1.165) is 4.90 Å². The van der Waals surface area contributed by atoms with E-state index in [1.165, 1.54) is 18.2 Å². The van der Waals surface area contributed by atoms with E-state index in [1.807, 2.05) is 0 Å². The number of amides is 1. The Morgan fingerprint density at radius 3 is 2.54 bits per heavy atom. The van der Waals surface area contributed by atoms with Crippen molar-refractivity contribution in [3.05, 3.63) is 64.0 Å². The number of ether oxygens (including phenoxy) is 1. The molecule has 2 aromatic rings. The summed E-state index contributed by atoms with van der Waals surface area (Å²) in [4.78, 5) is 20.4. The SMILES string of the molecule is [2H]C([2H])([2H])N(C(=O)c1ccc(Cl)nn1)C1CCC(Oc2ccc([N+]#[C-])c([N+]#[C-])c2)CC1. The molecule has 0 spiro atoms. The zero-order valence-electron chi connectivity index (χ0n) is 17.8. The fourth-order valence-electron chi connectivity index (χ4n) is 3.09. The zero-order valence-corrected chi connectivity index (χ0v) is 15.6. The van der Waals surface area contributed by atoms with Crippen molar-refractivity contribution in [1.29, 1.82) is 0 Å². The van der Waals surface area contributed by atoms with Crippen LogP contribution in [0.15, 0.2) is 30.3 Å². The lowest BCUT2D eigenvalue weighted by atomic mass is 9.92. The molecule has 0 aliphatic heterocycles. The van der Waals surface area contributed by atoms with Crippen molar-refractivity contribution in [2.45, 2.75) is 37.8 Å². The standard InChI is InChI=1S/C20H18ClN5O2/c1-22-16-9-8-15(12-18(16)23-2)28-14-6-4-13(5-7-14)26(3)20(27)17-10-11-19(21)25-24-17/h8-14H,4-7H2,3H3/i3D3. The Kier molecular flexibility index (Phi) is 4.92. The van der Waals surface area contributed by atoms with Crippen molar-refractivity contribution >= 4 is 28.9 Å². The summed E-state index contributed by atoms with van der Waals surface area (Å²) < 4.78 is 29.5. The molecule has 1 saturated carbocycles. The number of hydrogen-bond acceptors (Lipinski definition) is 4. The molecule has 0 radical (unpaired) electrons. The second-order valence-corrected chi connectivity index (χ2v) is 6.73. The first-order valence-electron chi connectivity index (χ1n) is 10.1. The summed E-state index contributed by atoms with van der Waals surface area (Å²) in [5.41, 5.74) is 0.415. The molecule has 0 unspecified atom stereocenters. The predicted octanol–water partition coefficient (Wildman–Crippen LogP) is 4.69. The van der Waals surface area contributed by atoms with E-state index in [1.54, 1.807) is 12.1 Å². The van der Waals surface area contributed by atoms with Gasteiger partial charge in [-0.15, -0.1) is 10.2 Å². The first-order valence-corrected chi connectivity index (χ1v) is 8.99. The lowest BCUT2D eigenvalue weighted by molar-refractivity contribution is 0.0603. The maximum atomic E-state index is 12.8. The predicted molar refractivity (Wildman–Crippen MR) is 105 cm³/mol. The van der Waals surface area contributed by atoms with Crippen LogP contribution in [0.1, 0.15) is 40.3 Å². The fourth-order valence-corrected chi connectivity index (χ4v) is 3.19. The van der Waals surface area contributed by atoms with Crippen LogP contribution in [0.4, 0.5) is 11.4 Å². The van der Waals surface area contributed by atoms with Crippen molar-refractivity contribution < 1.29 is 13.6 Å². The second-order valence-electron chi connectivity index (χ2n) is 6.34. The molecule has 1 aromatic heterocycles. The third kappa shape index (κ3) is 4.39. The molecule has 0 saturated heterocycles. The van der Waals surface area contributed by atoms with E-state index in [2.05, 4.69) is 19.9 Å². The Labute approximate surface area is 172 Å². The molecule has 7 nitrogen and oxygen atoms in total. The average molecular weight is 399 g/mol. The van der Waals surface area contributed by atoms with E-state index >= 15 is 0 Å². The third-order valence-electron chi connectivity index (χ3n) is 4.57. The average Bonchev–Trinajstić information content (AvgIpc) is 2.74. The molecule has 1 heterocycles. The summed E-state index contributed by atoms with van der Waals surface area (Å²) in [6.07, 6.45) is 1.76. The first-order chi connectivity index (χ1) is 14.7. The Balaban J connectivity index is 1.69. The summed E-state index contributed by atoms with van der Waals surface area (Å²) in [6.45, 7) is 11.6. The van der Waals surface area contributed by atoms with Crippen LogP contribution in [-0.4, -0.2) is 40.1 Å². The van der Waals surface area contributed by atoms with Gasteiger partial charge in [0.2, 0.25) is 0 Å². The van der Waals surface area contributed by atoms with Crippen molar-refractivity contribution in [3.63, 3.8) is 0 Å². The van der Waals surface area contributed by atoms with Crippen LogP contribution in [0.25, 0.3) is 9.69 Å². The number of nitrogens with zero attached hydrogens (tertiary/aromatic N) is 5. The van der Waals surface area contributed by atoms with Crippen molar-refractivity contribution in [2.24, 2.45) is 0 Å². The Morgan fingerprint density at radius 2 is 1.93 bits per heavy atom. The quantitative estimate of drug-likeness (QED) is 0.700. The highest BCUT2D eigenvalue weighted by atomic mass is 35.5. The van der Waals surface area contributed by atoms with Crippen LogP contribution >= 0.6 is 11.6 Å². The van der Waals surface area contributed by atoms with Crippen LogP contribution < -0.4 is 4.74 Å². The highest BCUT2D eigenvalue weighted by Crippen LogP contribution is 2.34. The Bertz CT molecular complexity index is 1040. The van der Waals surface area contributed by atoms with Gasteiger partial charge in [0.05, 0.1) is 19.2 Å². The normalized spacial score (nSPS) is 20.6. The van der Waals surface area contributed by atoms with Crippen molar-refractivity contribution in [1.82, 2.24) is 15.1 Å². The van der Waals surface area contributed by atoms with E-state index in [-0.39, 0.29) is 28.3 Å². The molecule has 3 rings (SSSR count). The molecule has 0 atom stereocenters. The van der Waals surface area contributed by atoms with Gasteiger partial charge in [-0.3, -0.25) is 9.64 Å². The largest absolute Gasteiger partial charge is 0.492 e. The van der Waals surface area contributed by atoms with E-state index in [9.17, 15) is 4.79 Å². The molecule has 1 aliphatic carbocycles. The van der Waals surface area contributed by atoms with Crippen LogP contribution in [0.3, 0.4) is 0 Å². The topological polar surface area (TPSA) is 64.0 Å². The summed E-state index contributed by atoms with van der Waals surface area (Å²) in [7, 11) is 0. The minimum atomic E-state index is -2.63. The Hall–Kier alpha value is -3.16. The van der Waals surface area contributed by atoms with Gasteiger partial charge in [0.25, 0.3) is 5.91 Å². The minimum Gasteiger partial charge on any atom is -0.492 e. The highest BCUT2D eigenvalue weighted by Gasteiger charge is 2.28. The van der Waals surface area contributed by atoms with Gasteiger partial charge >= 0.3 is 0 Å². The molecule has 0 N–H and O–H groups in total. The second kappa shape index (κ2) is 8.69. The molecule has 142 valence electrons. The zero-order chi connectivity index (χ0) is 22.6. The number of hydrogen-bond donors (Lipinski definition) is 0. The molecule has 28 heavy (non-hydrogen) atoms. The highest BCUT2D eigenvalue weighted by molar-refractivity contribution is 6.29. The van der Waals surface area contributed by atoms with Gasteiger partial charge in [0.15, 0.2) is 22.2 Å². The first kappa shape index (κ1) is 15.9. The van der Waals surface area contributed by atoms with Gasteiger partial charge in [-0.05, 0) is 49.9 Å². The lowest BCUT2D eigenvalue weighted by Gasteiger charge is -2.34. The van der Waals surface area contributed by atoms with Gasteiger partial charge in [0, 0.05) is 17.1 Å². The molecular formula is C20H18ClN5O2. The number of aromatic nitrogens is 2. The Morgan fingerprint density at radius 1 is 1.18 bits per heavy atom. The fraction of sp³-hybridized carbons (Fsp3) is 0.350. The van der Waals surface area contributed by atoms with Gasteiger partial charge < -0.3 is 9.64 Å². The molecule has 0 bridgehead atoms. The molecule has 8 heteroatoms. The van der Waals surface area contributed by atoms with E-state index in [0.29, 0.717) is 31.4 Å². The minimum absolute atomic E-state index is 0.0783. The maximum absolute atomic E-state index is 12.8. The molecule has 1 amide bonds. The van der Waals surface area contributed by atoms with Crippen molar-refractivity contribution in [2.75, 3.05) is 6.98 Å². The smallest absolute Gasteiger partial charge is 0.274 e. The molecular weight excluding hydrogens is 378 g/mol. The van der Waals surface area contributed by atoms with Gasteiger partial charge in [-0.2, -0.15) is 0 Å². The number of rotatable bonds is 4. The lowest BCUT2D eigenvalue weighted by Crippen LogP contribution is -2.41. The van der Waals surface area contributed by atoms with Crippen LogP contribution in [0.5, 0.6) is 5.75 Å². The monoisotopic (exact) mass is 398 g/mol. The number of carbonyl (C=O) groups excluding carboxylic acids is 1.